The van der Waals surface area contributed by atoms with Gasteiger partial charge >= 0.3 is 0 Å². The van der Waals surface area contributed by atoms with Crippen molar-refractivity contribution in [2.24, 2.45) is 4.99 Å². The maximum absolute atomic E-state index is 4.83. The molecule has 0 amide bonds. The summed E-state index contributed by atoms with van der Waals surface area (Å²) < 4.78 is 0. The zero-order valence-electron chi connectivity index (χ0n) is 14.6. The predicted octanol–water partition coefficient (Wildman–Crippen LogP) is 6.37. The van der Waals surface area contributed by atoms with Gasteiger partial charge < -0.3 is 0 Å². The highest BCUT2D eigenvalue weighted by molar-refractivity contribution is 6.13. The number of allylic oxidation sites excluding steroid dienone is 8. The van der Waals surface area contributed by atoms with E-state index in [9.17, 15) is 0 Å². The van der Waals surface area contributed by atoms with E-state index in [-0.39, 0.29) is 0 Å². The molecule has 0 aliphatic carbocycles. The molecule has 0 aromatic heterocycles. The van der Waals surface area contributed by atoms with Crippen LogP contribution in [0.1, 0.15) is 47.1 Å². The maximum atomic E-state index is 4.83. The molecule has 0 saturated carbocycles. The third-order valence-electron chi connectivity index (χ3n) is 3.55. The van der Waals surface area contributed by atoms with Gasteiger partial charge in [-0.05, 0) is 64.3 Å². The van der Waals surface area contributed by atoms with Crippen LogP contribution in [0.25, 0.3) is 5.57 Å². The Kier molecular flexibility index (Phi) is 7.31. The van der Waals surface area contributed by atoms with Gasteiger partial charge in [0, 0.05) is 5.70 Å². The molecular weight excluding hydrogens is 266 g/mol. The highest BCUT2D eigenvalue weighted by atomic mass is 14.8. The Morgan fingerprint density at radius 2 is 1.59 bits per heavy atom. The minimum atomic E-state index is 1.00. The number of hydrogen-bond acceptors (Lipinski definition) is 1. The molecule has 1 nitrogen and oxygen atoms in total. The summed E-state index contributed by atoms with van der Waals surface area (Å²) in [5, 5.41) is 0. The fraction of sp³-hybridized carbons (Fsp3) is 0.286. The average molecular weight is 293 g/mol. The molecule has 1 aromatic rings. The molecule has 0 saturated heterocycles. The summed E-state index contributed by atoms with van der Waals surface area (Å²) in [7, 11) is 0. The van der Waals surface area contributed by atoms with Crippen LogP contribution in [0.3, 0.4) is 0 Å². The third-order valence-corrected chi connectivity index (χ3v) is 3.55. The molecule has 0 aliphatic heterocycles. The summed E-state index contributed by atoms with van der Waals surface area (Å²) in [6, 6.07) is 10.4. The van der Waals surface area contributed by atoms with Gasteiger partial charge in [0.15, 0.2) is 0 Å². The molecule has 0 bridgehead atoms. The molecule has 22 heavy (non-hydrogen) atoms. The van der Waals surface area contributed by atoms with E-state index >= 15 is 0 Å². The van der Waals surface area contributed by atoms with Gasteiger partial charge in [0.1, 0.15) is 0 Å². The Labute approximate surface area is 135 Å². The lowest BCUT2D eigenvalue weighted by atomic mass is 10.0. The third kappa shape index (κ3) is 5.33. The molecule has 0 spiro atoms. The lowest BCUT2D eigenvalue weighted by Gasteiger charge is -2.08. The van der Waals surface area contributed by atoms with Crippen LogP contribution in [-0.4, -0.2) is 5.71 Å². The van der Waals surface area contributed by atoms with Crippen molar-refractivity contribution in [3.63, 3.8) is 0 Å². The molecule has 1 rings (SSSR count). The molecule has 0 radical (unpaired) electrons. The number of benzene rings is 1. The number of hydrogen-bond donors (Lipinski definition) is 0. The fourth-order valence-electron chi connectivity index (χ4n) is 1.97. The summed E-state index contributed by atoms with van der Waals surface area (Å²) in [6.07, 6.45) is 8.42. The fourth-order valence-corrected chi connectivity index (χ4v) is 1.97. The lowest BCUT2D eigenvalue weighted by molar-refractivity contribution is 1.19. The minimum absolute atomic E-state index is 1.00. The van der Waals surface area contributed by atoms with E-state index in [0.717, 1.165) is 17.0 Å². The van der Waals surface area contributed by atoms with Gasteiger partial charge in [-0.3, -0.25) is 4.99 Å². The Morgan fingerprint density at radius 1 is 0.955 bits per heavy atom. The van der Waals surface area contributed by atoms with Crippen molar-refractivity contribution < 1.29 is 0 Å². The second-order valence-electron chi connectivity index (χ2n) is 5.52. The lowest BCUT2D eigenvalue weighted by Crippen LogP contribution is -1.99. The van der Waals surface area contributed by atoms with Gasteiger partial charge in [-0.15, -0.1) is 0 Å². The van der Waals surface area contributed by atoms with Crippen molar-refractivity contribution in [2.45, 2.75) is 41.5 Å². The van der Waals surface area contributed by atoms with Gasteiger partial charge in [-0.2, -0.15) is 0 Å². The van der Waals surface area contributed by atoms with E-state index in [1.165, 1.54) is 16.7 Å². The van der Waals surface area contributed by atoms with Crippen molar-refractivity contribution in [1.29, 1.82) is 0 Å². The summed E-state index contributed by atoms with van der Waals surface area (Å²) in [5.74, 6) is 0. The second kappa shape index (κ2) is 8.99. The van der Waals surface area contributed by atoms with Crippen LogP contribution in [0.2, 0.25) is 0 Å². The monoisotopic (exact) mass is 293 g/mol. The molecule has 0 atom stereocenters. The molecule has 0 unspecified atom stereocenters. The molecule has 0 heterocycles. The van der Waals surface area contributed by atoms with Crippen molar-refractivity contribution in [2.75, 3.05) is 0 Å². The van der Waals surface area contributed by atoms with Crippen molar-refractivity contribution in [3.8, 4) is 0 Å². The Balaban J connectivity index is 3.36. The van der Waals surface area contributed by atoms with E-state index in [4.69, 9.17) is 4.99 Å². The number of nitrogens with zero attached hydrogens (tertiary/aromatic N) is 1. The van der Waals surface area contributed by atoms with Crippen LogP contribution in [0.5, 0.6) is 0 Å². The van der Waals surface area contributed by atoms with Gasteiger partial charge in [0.2, 0.25) is 0 Å². The first-order valence-electron chi connectivity index (χ1n) is 7.75. The Bertz CT molecular complexity index is 634. The van der Waals surface area contributed by atoms with Gasteiger partial charge in [-0.25, -0.2) is 0 Å². The first kappa shape index (κ1) is 17.9. The molecule has 116 valence electrons. The first-order chi connectivity index (χ1) is 10.5. The zero-order chi connectivity index (χ0) is 16.5. The second-order valence-corrected chi connectivity index (χ2v) is 5.52. The topological polar surface area (TPSA) is 12.4 Å². The molecule has 0 fully saturated rings. The van der Waals surface area contributed by atoms with E-state index in [0.29, 0.717) is 0 Å². The van der Waals surface area contributed by atoms with Gasteiger partial charge in [0.25, 0.3) is 0 Å². The highest BCUT2D eigenvalue weighted by Crippen LogP contribution is 2.17. The molecule has 0 N–H and O–H groups in total. The SMILES string of the molecule is C/C=C\C(=C/C)C(/C=C(\C)c1ccccc1)=NC(C)=C(C)C. The first-order valence-corrected chi connectivity index (χ1v) is 7.75. The normalized spacial score (nSPS) is 13.6. The standard InChI is InChI=1S/C21H27N/c1-7-12-19(8-2)21(22-18(6)16(3)4)15-17(5)20-13-10-9-11-14-20/h7-15H,1-6H3/b12-7-,17-15+,19-8+,22-21?. The van der Waals surface area contributed by atoms with Crippen LogP contribution >= 0.6 is 0 Å². The van der Waals surface area contributed by atoms with E-state index in [2.05, 4.69) is 70.2 Å². The predicted molar refractivity (Wildman–Crippen MR) is 100 cm³/mol. The number of aliphatic imine (C=N–C) groups is 1. The van der Waals surface area contributed by atoms with E-state index < -0.39 is 0 Å². The van der Waals surface area contributed by atoms with Crippen LogP contribution < -0.4 is 0 Å². The van der Waals surface area contributed by atoms with Gasteiger partial charge in [0.05, 0.1) is 5.71 Å². The highest BCUT2D eigenvalue weighted by Gasteiger charge is 2.04. The van der Waals surface area contributed by atoms with Crippen molar-refractivity contribution >= 4 is 11.3 Å². The van der Waals surface area contributed by atoms with Crippen molar-refractivity contribution in [3.05, 3.63) is 77.0 Å². The average Bonchev–Trinajstić information content (AvgIpc) is 2.52. The van der Waals surface area contributed by atoms with Crippen LogP contribution in [0.4, 0.5) is 0 Å². The maximum Gasteiger partial charge on any atom is 0.0704 e. The summed E-state index contributed by atoms with van der Waals surface area (Å²) >= 11 is 0. The summed E-state index contributed by atoms with van der Waals surface area (Å²) in [6.45, 7) is 12.5. The summed E-state index contributed by atoms with van der Waals surface area (Å²) in [4.78, 5) is 4.83. The summed E-state index contributed by atoms with van der Waals surface area (Å²) in [5.41, 5.74) is 6.87. The molecule has 1 heteroatoms. The largest absolute Gasteiger partial charge is 0.253 e. The molecule has 1 aromatic carbocycles. The van der Waals surface area contributed by atoms with Crippen molar-refractivity contribution in [1.82, 2.24) is 0 Å². The number of rotatable bonds is 5. The molecular formula is C21H27N. The smallest absolute Gasteiger partial charge is 0.0704 e. The van der Waals surface area contributed by atoms with E-state index in [1.54, 1.807) is 0 Å². The van der Waals surface area contributed by atoms with Crippen LogP contribution in [-0.2, 0) is 0 Å². The van der Waals surface area contributed by atoms with Crippen LogP contribution in [0, 0.1) is 0 Å². The molecule has 0 aliphatic rings. The van der Waals surface area contributed by atoms with Gasteiger partial charge in [-0.1, -0.05) is 54.1 Å². The van der Waals surface area contributed by atoms with E-state index in [1.807, 2.05) is 26.0 Å². The quantitative estimate of drug-likeness (QED) is 0.442. The van der Waals surface area contributed by atoms with Crippen LogP contribution in [0.15, 0.2) is 76.5 Å². The zero-order valence-corrected chi connectivity index (χ0v) is 14.6. The Morgan fingerprint density at radius 3 is 2.09 bits per heavy atom. The Hall–Kier alpha value is -2.15. The minimum Gasteiger partial charge on any atom is -0.253 e.